The van der Waals surface area contributed by atoms with Gasteiger partial charge in [0.1, 0.15) is 22.1 Å². The Hall–Kier alpha value is -1.89. The molecule has 2 aromatic heterocycles. The van der Waals surface area contributed by atoms with E-state index in [9.17, 15) is 4.79 Å². The van der Waals surface area contributed by atoms with E-state index in [-0.39, 0.29) is 6.09 Å². The Morgan fingerprint density at radius 1 is 1.28 bits per heavy atom. The first kappa shape index (κ1) is 20.4. The van der Waals surface area contributed by atoms with E-state index in [0.717, 1.165) is 48.8 Å². The van der Waals surface area contributed by atoms with Crippen LogP contribution in [0.15, 0.2) is 0 Å². The van der Waals surface area contributed by atoms with Gasteiger partial charge in [0.15, 0.2) is 0 Å². The van der Waals surface area contributed by atoms with E-state index in [2.05, 4.69) is 4.90 Å². The Morgan fingerprint density at radius 2 is 2.07 bits per heavy atom. The highest BCUT2D eigenvalue weighted by molar-refractivity contribution is 7.19. The van der Waals surface area contributed by atoms with Gasteiger partial charge >= 0.3 is 6.09 Å². The van der Waals surface area contributed by atoms with Gasteiger partial charge in [0.25, 0.3) is 0 Å². The number of hydrogen-bond acceptors (Lipinski definition) is 6. The minimum atomic E-state index is -0.465. The number of fused-ring (bicyclic) bond motifs is 3. The Morgan fingerprint density at radius 3 is 2.83 bits per heavy atom. The van der Waals surface area contributed by atoms with Gasteiger partial charge in [-0.15, -0.1) is 11.3 Å². The Labute approximate surface area is 177 Å². The number of aryl methyl sites for hydroxylation is 3. The maximum absolute atomic E-state index is 12.4. The molecule has 158 valence electrons. The van der Waals surface area contributed by atoms with Crippen LogP contribution in [0.25, 0.3) is 10.2 Å². The zero-order valence-corrected chi connectivity index (χ0v) is 19.1. The zero-order chi connectivity index (χ0) is 20.8. The van der Waals surface area contributed by atoms with Crippen LogP contribution in [0.3, 0.4) is 0 Å². The molecule has 1 amide bonds. The van der Waals surface area contributed by atoms with Gasteiger partial charge in [-0.05, 0) is 71.3 Å². The maximum atomic E-state index is 12.4. The number of hydrogen-bond donors (Lipinski definition) is 0. The van der Waals surface area contributed by atoms with Crippen molar-refractivity contribution in [2.24, 2.45) is 5.92 Å². The summed E-state index contributed by atoms with van der Waals surface area (Å²) in [5.74, 6) is 2.37. The smallest absolute Gasteiger partial charge is 0.410 e. The summed E-state index contributed by atoms with van der Waals surface area (Å²) in [6, 6.07) is 0. The molecule has 3 heterocycles. The summed E-state index contributed by atoms with van der Waals surface area (Å²) in [4.78, 5) is 28.8. The molecule has 29 heavy (non-hydrogen) atoms. The average Bonchev–Trinajstić information content (AvgIpc) is 3.20. The standard InChI is InChI=1S/C22H32N4O2S/c1-14-23-19(18-16-9-6-10-17(16)29-20(18)24-14)26-11-7-8-15(13-26)12-25(5)21(27)28-22(2,3)4/h15H,6-13H2,1-5H3/t15-/m1/s1. The molecule has 0 saturated carbocycles. The third-order valence-electron chi connectivity index (χ3n) is 5.71. The highest BCUT2D eigenvalue weighted by Crippen LogP contribution is 2.41. The van der Waals surface area contributed by atoms with E-state index < -0.39 is 5.60 Å². The number of nitrogens with zero attached hydrogens (tertiary/aromatic N) is 4. The van der Waals surface area contributed by atoms with E-state index >= 15 is 0 Å². The van der Waals surface area contributed by atoms with Crippen LogP contribution in [0.5, 0.6) is 0 Å². The SMILES string of the molecule is Cc1nc(N2CCC[C@H](CN(C)C(=O)OC(C)(C)C)C2)c2c3c(sc2n1)CCC3. The summed E-state index contributed by atoms with van der Waals surface area (Å²) < 4.78 is 5.52. The first-order chi connectivity index (χ1) is 13.7. The molecule has 0 N–H and O–H groups in total. The predicted octanol–water partition coefficient (Wildman–Crippen LogP) is 4.57. The number of amides is 1. The number of rotatable bonds is 3. The summed E-state index contributed by atoms with van der Waals surface area (Å²) in [5.41, 5.74) is 1.01. The first-order valence-corrected chi connectivity index (χ1v) is 11.5. The second kappa shape index (κ2) is 7.74. The third-order valence-corrected chi connectivity index (χ3v) is 6.90. The molecular formula is C22H32N4O2S. The van der Waals surface area contributed by atoms with Gasteiger partial charge < -0.3 is 14.5 Å². The van der Waals surface area contributed by atoms with Crippen molar-refractivity contribution in [3.63, 3.8) is 0 Å². The van der Waals surface area contributed by atoms with Crippen molar-refractivity contribution in [1.82, 2.24) is 14.9 Å². The topological polar surface area (TPSA) is 58.6 Å². The van der Waals surface area contributed by atoms with Crippen LogP contribution in [-0.4, -0.2) is 53.2 Å². The predicted molar refractivity (Wildman–Crippen MR) is 118 cm³/mol. The first-order valence-electron chi connectivity index (χ1n) is 10.7. The maximum Gasteiger partial charge on any atom is 0.410 e. The molecular weight excluding hydrogens is 384 g/mol. The molecule has 0 aromatic carbocycles. The van der Waals surface area contributed by atoms with Gasteiger partial charge in [0, 0.05) is 31.6 Å². The molecule has 0 radical (unpaired) electrons. The lowest BCUT2D eigenvalue weighted by molar-refractivity contribution is 0.0269. The molecule has 1 saturated heterocycles. The number of thiophene rings is 1. The largest absolute Gasteiger partial charge is 0.444 e. The average molecular weight is 417 g/mol. The van der Waals surface area contributed by atoms with Crippen LogP contribution in [0, 0.1) is 12.8 Å². The van der Waals surface area contributed by atoms with Crippen molar-refractivity contribution in [3.05, 3.63) is 16.3 Å². The van der Waals surface area contributed by atoms with E-state index in [1.165, 1.54) is 28.7 Å². The minimum absolute atomic E-state index is 0.245. The van der Waals surface area contributed by atoms with Crippen molar-refractivity contribution >= 4 is 33.5 Å². The second-order valence-corrected chi connectivity index (χ2v) is 10.5. The number of piperidine rings is 1. The fraction of sp³-hybridized carbons (Fsp3) is 0.682. The molecule has 2 aliphatic rings. The third kappa shape index (κ3) is 4.34. The van der Waals surface area contributed by atoms with E-state index in [1.807, 2.05) is 46.1 Å². The van der Waals surface area contributed by atoms with Crippen LogP contribution in [0.2, 0.25) is 0 Å². The van der Waals surface area contributed by atoms with Crippen molar-refractivity contribution in [1.29, 1.82) is 0 Å². The summed E-state index contributed by atoms with van der Waals surface area (Å²) in [7, 11) is 1.84. The summed E-state index contributed by atoms with van der Waals surface area (Å²) in [6.45, 7) is 10.4. The van der Waals surface area contributed by atoms with Gasteiger partial charge in [0.05, 0.1) is 5.39 Å². The van der Waals surface area contributed by atoms with Crippen molar-refractivity contribution in [2.45, 2.75) is 65.4 Å². The molecule has 0 spiro atoms. The Balaban J connectivity index is 1.53. The monoisotopic (exact) mass is 416 g/mol. The Kier molecular flexibility index (Phi) is 5.44. The molecule has 2 aromatic rings. The van der Waals surface area contributed by atoms with Gasteiger partial charge in [-0.25, -0.2) is 14.8 Å². The van der Waals surface area contributed by atoms with Gasteiger partial charge in [-0.2, -0.15) is 0 Å². The number of aromatic nitrogens is 2. The zero-order valence-electron chi connectivity index (χ0n) is 18.2. The molecule has 6 nitrogen and oxygen atoms in total. The summed E-state index contributed by atoms with van der Waals surface area (Å²) in [6.07, 6.45) is 5.56. The lowest BCUT2D eigenvalue weighted by atomic mass is 9.97. The van der Waals surface area contributed by atoms with Crippen LogP contribution in [0.1, 0.15) is 56.3 Å². The highest BCUT2D eigenvalue weighted by atomic mass is 32.1. The molecule has 4 rings (SSSR count). The lowest BCUT2D eigenvalue weighted by Crippen LogP contribution is -2.43. The van der Waals surface area contributed by atoms with Gasteiger partial charge in [-0.1, -0.05) is 0 Å². The molecule has 1 atom stereocenters. The summed E-state index contributed by atoms with van der Waals surface area (Å²) in [5, 5.41) is 1.29. The molecule has 1 fully saturated rings. The normalized spacial score (nSPS) is 19.5. The molecule has 0 bridgehead atoms. The fourth-order valence-electron chi connectivity index (χ4n) is 4.52. The van der Waals surface area contributed by atoms with Crippen molar-refractivity contribution in [3.8, 4) is 0 Å². The van der Waals surface area contributed by atoms with E-state index in [0.29, 0.717) is 12.5 Å². The molecule has 1 aliphatic carbocycles. The Bertz CT molecular complexity index is 918. The number of ether oxygens (including phenoxy) is 1. The van der Waals surface area contributed by atoms with Gasteiger partial charge in [0.2, 0.25) is 0 Å². The molecule has 0 unspecified atom stereocenters. The number of anilines is 1. The van der Waals surface area contributed by atoms with Crippen LogP contribution in [-0.2, 0) is 17.6 Å². The van der Waals surface area contributed by atoms with E-state index in [4.69, 9.17) is 14.7 Å². The molecule has 1 aliphatic heterocycles. The molecule has 7 heteroatoms. The number of carbonyl (C=O) groups is 1. The lowest BCUT2D eigenvalue weighted by Gasteiger charge is -2.36. The quantitative estimate of drug-likeness (QED) is 0.733. The number of carbonyl (C=O) groups excluding carboxylic acids is 1. The van der Waals surface area contributed by atoms with Crippen molar-refractivity contribution in [2.75, 3.05) is 31.6 Å². The van der Waals surface area contributed by atoms with E-state index in [1.54, 1.807) is 4.90 Å². The van der Waals surface area contributed by atoms with Crippen molar-refractivity contribution < 1.29 is 9.53 Å². The van der Waals surface area contributed by atoms with Gasteiger partial charge in [-0.3, -0.25) is 0 Å². The second-order valence-electron chi connectivity index (χ2n) is 9.45. The summed E-state index contributed by atoms with van der Waals surface area (Å²) >= 11 is 1.85. The fourth-order valence-corrected chi connectivity index (χ4v) is 5.82. The highest BCUT2D eigenvalue weighted by Gasteiger charge is 2.29. The van der Waals surface area contributed by atoms with Crippen LogP contribution in [0.4, 0.5) is 10.6 Å². The van der Waals surface area contributed by atoms with Crippen LogP contribution < -0.4 is 4.90 Å². The minimum Gasteiger partial charge on any atom is -0.444 e. The van der Waals surface area contributed by atoms with Crippen LogP contribution >= 0.6 is 11.3 Å².